The molecule has 0 saturated heterocycles. The summed E-state index contributed by atoms with van der Waals surface area (Å²) in [7, 11) is -3.59. The molecule has 0 amide bonds. The molecule has 0 unspecified atom stereocenters. The average Bonchev–Trinajstić information content (AvgIpc) is 2.28. The Morgan fingerprint density at radius 1 is 1.50 bits per heavy atom. The van der Waals surface area contributed by atoms with Gasteiger partial charge in [-0.3, -0.25) is 0 Å². The van der Waals surface area contributed by atoms with Crippen LogP contribution in [0.1, 0.15) is 0 Å². The number of terminal acetylenes is 1. The average molecular weight is 305 g/mol. The zero-order valence-electron chi connectivity index (χ0n) is 9.52. The van der Waals surface area contributed by atoms with E-state index in [2.05, 4.69) is 10.6 Å². The summed E-state index contributed by atoms with van der Waals surface area (Å²) < 4.78 is 26.3. The number of hydrogen-bond donors (Lipinski definition) is 2. The molecule has 0 aliphatic carbocycles. The van der Waals surface area contributed by atoms with Crippen molar-refractivity contribution in [2.45, 2.75) is 4.90 Å². The Morgan fingerprint density at radius 3 is 2.83 bits per heavy atom. The minimum atomic E-state index is -3.59. The SMILES string of the molecule is C#CCSCCNS(=O)(=O)c1ccc(Cl)cc1N. The second kappa shape index (κ2) is 6.90. The van der Waals surface area contributed by atoms with Gasteiger partial charge in [0.05, 0.1) is 11.4 Å². The number of nitrogens with two attached hydrogens (primary N) is 1. The maximum atomic E-state index is 11.9. The first-order valence-electron chi connectivity index (χ1n) is 5.03. The standard InChI is InChI=1S/C11H13ClN2O2S2/c1-2-6-17-7-5-14-18(15,16)11-4-3-9(12)8-10(11)13/h1,3-4,8,14H,5-7,13H2. The molecule has 0 fully saturated rings. The minimum absolute atomic E-state index is 0.0360. The first-order chi connectivity index (χ1) is 8.47. The smallest absolute Gasteiger partial charge is 0.242 e. The monoisotopic (exact) mass is 304 g/mol. The van der Waals surface area contributed by atoms with Crippen molar-refractivity contribution >= 4 is 39.1 Å². The van der Waals surface area contributed by atoms with Gasteiger partial charge in [0.15, 0.2) is 0 Å². The third kappa shape index (κ3) is 4.42. The Labute approximate surface area is 116 Å². The van der Waals surface area contributed by atoms with Gasteiger partial charge in [-0.25, -0.2) is 13.1 Å². The summed E-state index contributed by atoms with van der Waals surface area (Å²) in [5, 5.41) is 0.399. The number of benzene rings is 1. The van der Waals surface area contributed by atoms with Crippen molar-refractivity contribution in [1.29, 1.82) is 0 Å². The van der Waals surface area contributed by atoms with E-state index in [4.69, 9.17) is 23.8 Å². The zero-order valence-corrected chi connectivity index (χ0v) is 11.9. The molecule has 0 bridgehead atoms. The van der Waals surface area contributed by atoms with Crippen molar-refractivity contribution in [3.8, 4) is 12.3 Å². The van der Waals surface area contributed by atoms with Crippen LogP contribution < -0.4 is 10.5 Å². The van der Waals surface area contributed by atoms with Crippen LogP contribution in [-0.4, -0.2) is 26.5 Å². The number of thioether (sulfide) groups is 1. The lowest BCUT2D eigenvalue weighted by atomic mass is 10.3. The molecule has 3 N–H and O–H groups in total. The van der Waals surface area contributed by atoms with Crippen LogP contribution in [0.25, 0.3) is 0 Å². The van der Waals surface area contributed by atoms with Gasteiger partial charge < -0.3 is 5.73 Å². The molecule has 18 heavy (non-hydrogen) atoms. The molecular formula is C11H13ClN2O2S2. The minimum Gasteiger partial charge on any atom is -0.398 e. The fraction of sp³-hybridized carbons (Fsp3) is 0.273. The summed E-state index contributed by atoms with van der Waals surface area (Å²) in [6.07, 6.45) is 5.08. The maximum Gasteiger partial charge on any atom is 0.242 e. The number of sulfonamides is 1. The molecule has 0 aromatic heterocycles. The van der Waals surface area contributed by atoms with E-state index >= 15 is 0 Å². The van der Waals surface area contributed by atoms with E-state index in [0.29, 0.717) is 23.1 Å². The predicted molar refractivity (Wildman–Crippen MR) is 77.2 cm³/mol. The van der Waals surface area contributed by atoms with Crippen LogP contribution in [0.2, 0.25) is 5.02 Å². The van der Waals surface area contributed by atoms with Gasteiger partial charge >= 0.3 is 0 Å². The van der Waals surface area contributed by atoms with E-state index in [-0.39, 0.29) is 10.6 Å². The van der Waals surface area contributed by atoms with Crippen LogP contribution in [0.4, 0.5) is 5.69 Å². The first kappa shape index (κ1) is 15.2. The molecule has 1 aromatic carbocycles. The number of rotatable bonds is 6. The molecule has 0 radical (unpaired) electrons. The molecule has 0 heterocycles. The zero-order chi connectivity index (χ0) is 13.6. The Balaban J connectivity index is 2.66. The highest BCUT2D eigenvalue weighted by Gasteiger charge is 2.16. The fourth-order valence-corrected chi connectivity index (χ4v) is 3.18. The van der Waals surface area contributed by atoms with Gasteiger partial charge in [0.2, 0.25) is 10.0 Å². The van der Waals surface area contributed by atoms with Crippen molar-refractivity contribution in [3.63, 3.8) is 0 Å². The Hall–Kier alpha value is -0.870. The molecule has 0 aliphatic heterocycles. The van der Waals surface area contributed by atoms with Gasteiger partial charge in [-0.2, -0.15) is 0 Å². The number of halogens is 1. The normalized spacial score (nSPS) is 11.1. The summed E-state index contributed by atoms with van der Waals surface area (Å²) in [4.78, 5) is 0.0360. The second-order valence-electron chi connectivity index (χ2n) is 3.34. The number of anilines is 1. The summed E-state index contributed by atoms with van der Waals surface area (Å²) in [6.45, 7) is 0.302. The quantitative estimate of drug-likeness (QED) is 0.475. The van der Waals surface area contributed by atoms with E-state index < -0.39 is 10.0 Å². The molecule has 7 heteroatoms. The largest absolute Gasteiger partial charge is 0.398 e. The number of nitrogen functional groups attached to an aromatic ring is 1. The van der Waals surface area contributed by atoms with Crippen LogP contribution in [0.15, 0.2) is 23.1 Å². The van der Waals surface area contributed by atoms with Gasteiger partial charge in [-0.1, -0.05) is 17.5 Å². The lowest BCUT2D eigenvalue weighted by Gasteiger charge is -2.08. The molecule has 0 saturated carbocycles. The van der Waals surface area contributed by atoms with Crippen LogP contribution in [-0.2, 0) is 10.0 Å². The lowest BCUT2D eigenvalue weighted by Crippen LogP contribution is -2.26. The van der Waals surface area contributed by atoms with E-state index in [1.54, 1.807) is 0 Å². The molecule has 1 aromatic rings. The van der Waals surface area contributed by atoms with Crippen LogP contribution in [0.3, 0.4) is 0 Å². The number of nitrogens with one attached hydrogen (secondary N) is 1. The van der Waals surface area contributed by atoms with Crippen molar-refractivity contribution in [2.24, 2.45) is 0 Å². The molecule has 0 spiro atoms. The summed E-state index contributed by atoms with van der Waals surface area (Å²) in [5.41, 5.74) is 5.75. The van der Waals surface area contributed by atoms with Gasteiger partial charge in [0.1, 0.15) is 4.90 Å². The highest BCUT2D eigenvalue weighted by Crippen LogP contribution is 2.22. The fourth-order valence-electron chi connectivity index (χ4n) is 1.22. The first-order valence-corrected chi connectivity index (χ1v) is 8.05. The number of hydrogen-bond acceptors (Lipinski definition) is 4. The van der Waals surface area contributed by atoms with Crippen molar-refractivity contribution < 1.29 is 8.42 Å². The summed E-state index contributed by atoms with van der Waals surface area (Å²) in [5.74, 6) is 3.63. The molecule has 0 atom stereocenters. The van der Waals surface area contributed by atoms with Crippen molar-refractivity contribution in [2.75, 3.05) is 23.8 Å². The van der Waals surface area contributed by atoms with Gasteiger partial charge in [-0.05, 0) is 18.2 Å². The van der Waals surface area contributed by atoms with Crippen LogP contribution in [0.5, 0.6) is 0 Å². The van der Waals surface area contributed by atoms with Crippen molar-refractivity contribution in [3.05, 3.63) is 23.2 Å². The molecule has 0 aliphatic rings. The van der Waals surface area contributed by atoms with E-state index in [1.807, 2.05) is 0 Å². The van der Waals surface area contributed by atoms with Crippen LogP contribution in [0, 0.1) is 12.3 Å². The summed E-state index contributed by atoms with van der Waals surface area (Å²) in [6, 6.07) is 4.28. The third-order valence-corrected chi connectivity index (χ3v) is 4.62. The van der Waals surface area contributed by atoms with Crippen molar-refractivity contribution in [1.82, 2.24) is 4.72 Å². The molecule has 4 nitrogen and oxygen atoms in total. The van der Waals surface area contributed by atoms with E-state index in [0.717, 1.165) is 0 Å². The highest BCUT2D eigenvalue weighted by atomic mass is 35.5. The topological polar surface area (TPSA) is 72.2 Å². The highest BCUT2D eigenvalue weighted by molar-refractivity contribution is 7.99. The van der Waals surface area contributed by atoms with Gasteiger partial charge in [0.25, 0.3) is 0 Å². The Kier molecular flexibility index (Phi) is 5.82. The maximum absolute atomic E-state index is 11.9. The van der Waals surface area contributed by atoms with Crippen LogP contribution >= 0.6 is 23.4 Å². The summed E-state index contributed by atoms with van der Waals surface area (Å²) >= 11 is 7.19. The molecule has 98 valence electrons. The predicted octanol–water partition coefficient (Wildman–Crippen LogP) is 1.57. The van der Waals surface area contributed by atoms with Gasteiger partial charge in [0, 0.05) is 17.3 Å². The van der Waals surface area contributed by atoms with Gasteiger partial charge in [-0.15, -0.1) is 18.2 Å². The molecular weight excluding hydrogens is 292 g/mol. The van der Waals surface area contributed by atoms with E-state index in [1.165, 1.54) is 30.0 Å². The lowest BCUT2D eigenvalue weighted by molar-refractivity contribution is 0.584. The Morgan fingerprint density at radius 2 is 2.22 bits per heavy atom. The van der Waals surface area contributed by atoms with E-state index in [9.17, 15) is 8.42 Å². The second-order valence-corrected chi connectivity index (χ2v) is 6.61. The molecule has 1 rings (SSSR count). The Bertz CT molecular complexity index is 553. The third-order valence-electron chi connectivity index (χ3n) is 1.99.